The summed E-state index contributed by atoms with van der Waals surface area (Å²) in [7, 11) is 3.82. The third kappa shape index (κ3) is 3.01. The van der Waals surface area contributed by atoms with Crippen molar-refractivity contribution in [2.24, 2.45) is 5.73 Å². The van der Waals surface area contributed by atoms with Crippen LogP contribution in [0.25, 0.3) is 0 Å². The molecule has 3 rings (SSSR count). The van der Waals surface area contributed by atoms with Gasteiger partial charge in [0.1, 0.15) is 6.10 Å². The van der Waals surface area contributed by atoms with E-state index < -0.39 is 0 Å². The van der Waals surface area contributed by atoms with Crippen LogP contribution in [0.3, 0.4) is 0 Å². The van der Waals surface area contributed by atoms with Crippen LogP contribution in [0.2, 0.25) is 0 Å². The Morgan fingerprint density at radius 2 is 2.00 bits per heavy atom. The zero-order valence-electron chi connectivity index (χ0n) is 13.1. The van der Waals surface area contributed by atoms with Crippen molar-refractivity contribution in [3.8, 4) is 11.5 Å². The van der Waals surface area contributed by atoms with Crippen molar-refractivity contribution < 1.29 is 9.47 Å². The average molecular weight is 290 g/mol. The molecule has 2 fully saturated rings. The van der Waals surface area contributed by atoms with Crippen LogP contribution in [0.1, 0.15) is 37.7 Å². The molecule has 1 aliphatic carbocycles. The van der Waals surface area contributed by atoms with E-state index in [1.54, 1.807) is 7.11 Å². The quantitative estimate of drug-likeness (QED) is 0.925. The van der Waals surface area contributed by atoms with E-state index in [4.69, 9.17) is 15.2 Å². The van der Waals surface area contributed by atoms with Crippen LogP contribution >= 0.6 is 0 Å². The molecule has 4 heteroatoms. The van der Waals surface area contributed by atoms with Gasteiger partial charge in [-0.3, -0.25) is 0 Å². The van der Waals surface area contributed by atoms with Gasteiger partial charge < -0.3 is 20.1 Å². The van der Waals surface area contributed by atoms with Gasteiger partial charge in [0.25, 0.3) is 0 Å². The maximum Gasteiger partial charge on any atom is 0.161 e. The number of nitrogens with zero attached hydrogens (tertiary/aromatic N) is 1. The minimum Gasteiger partial charge on any atom is -0.493 e. The van der Waals surface area contributed by atoms with Crippen molar-refractivity contribution in [3.63, 3.8) is 0 Å². The van der Waals surface area contributed by atoms with Gasteiger partial charge in [0.15, 0.2) is 11.5 Å². The lowest BCUT2D eigenvalue weighted by Crippen LogP contribution is -2.33. The topological polar surface area (TPSA) is 47.7 Å². The molecule has 1 saturated carbocycles. The number of likely N-dealkylation sites (tertiary alicyclic amines) is 1. The second kappa shape index (κ2) is 5.85. The van der Waals surface area contributed by atoms with E-state index in [0.717, 1.165) is 43.9 Å². The third-order valence-corrected chi connectivity index (χ3v) is 4.88. The summed E-state index contributed by atoms with van der Waals surface area (Å²) in [5.41, 5.74) is 7.57. The summed E-state index contributed by atoms with van der Waals surface area (Å²) in [5.74, 6) is 1.64. The highest BCUT2D eigenvalue weighted by molar-refractivity contribution is 5.45. The summed E-state index contributed by atoms with van der Waals surface area (Å²) in [6.07, 6.45) is 5.86. The van der Waals surface area contributed by atoms with Crippen LogP contribution in [-0.4, -0.2) is 38.3 Å². The average Bonchev–Trinajstić information content (AvgIpc) is 3.09. The first-order valence-corrected chi connectivity index (χ1v) is 7.93. The van der Waals surface area contributed by atoms with Crippen LogP contribution in [0.15, 0.2) is 18.2 Å². The molecule has 1 unspecified atom stereocenters. The van der Waals surface area contributed by atoms with Crippen molar-refractivity contribution in [2.45, 2.75) is 43.7 Å². The Morgan fingerprint density at radius 1 is 1.24 bits per heavy atom. The first-order valence-electron chi connectivity index (χ1n) is 7.93. The standard InChI is InChI=1S/C17H26N2O2/c1-19-10-7-14(12-19)21-16-11-13(5-6-15(16)20-2)17(18)8-3-4-9-17/h5-6,11,14H,3-4,7-10,12,18H2,1-2H3. The number of hydrogen-bond acceptors (Lipinski definition) is 4. The van der Waals surface area contributed by atoms with Gasteiger partial charge in [-0.15, -0.1) is 0 Å². The first kappa shape index (κ1) is 14.7. The van der Waals surface area contributed by atoms with E-state index in [0.29, 0.717) is 0 Å². The molecule has 0 bridgehead atoms. The highest BCUT2D eigenvalue weighted by Gasteiger charge is 2.32. The zero-order valence-corrected chi connectivity index (χ0v) is 13.1. The lowest BCUT2D eigenvalue weighted by molar-refractivity contribution is 0.199. The molecule has 2 N–H and O–H groups in total. The molecule has 0 radical (unpaired) electrons. The van der Waals surface area contributed by atoms with E-state index in [1.165, 1.54) is 18.4 Å². The third-order valence-electron chi connectivity index (χ3n) is 4.88. The highest BCUT2D eigenvalue weighted by Crippen LogP contribution is 2.40. The molecule has 0 spiro atoms. The van der Waals surface area contributed by atoms with Gasteiger partial charge in [0.2, 0.25) is 0 Å². The molecule has 0 amide bonds. The van der Waals surface area contributed by atoms with E-state index >= 15 is 0 Å². The minimum absolute atomic E-state index is 0.184. The van der Waals surface area contributed by atoms with Crippen molar-refractivity contribution in [2.75, 3.05) is 27.2 Å². The van der Waals surface area contributed by atoms with Gasteiger partial charge in [-0.1, -0.05) is 18.9 Å². The number of nitrogens with two attached hydrogens (primary N) is 1. The fraction of sp³-hybridized carbons (Fsp3) is 0.647. The van der Waals surface area contributed by atoms with Crippen LogP contribution in [-0.2, 0) is 5.54 Å². The molecule has 1 atom stereocenters. The van der Waals surface area contributed by atoms with Crippen molar-refractivity contribution >= 4 is 0 Å². The maximum absolute atomic E-state index is 6.57. The fourth-order valence-electron chi connectivity index (χ4n) is 3.54. The van der Waals surface area contributed by atoms with Gasteiger partial charge in [-0.25, -0.2) is 0 Å². The Balaban J connectivity index is 1.83. The smallest absolute Gasteiger partial charge is 0.161 e. The molecular formula is C17H26N2O2. The molecule has 116 valence electrons. The lowest BCUT2D eigenvalue weighted by Gasteiger charge is -2.26. The maximum atomic E-state index is 6.57. The number of benzene rings is 1. The molecule has 0 aromatic heterocycles. The number of ether oxygens (including phenoxy) is 2. The molecular weight excluding hydrogens is 264 g/mol. The van der Waals surface area contributed by atoms with Gasteiger partial charge in [0.05, 0.1) is 7.11 Å². The molecule has 1 aromatic rings. The number of hydrogen-bond donors (Lipinski definition) is 1. The Morgan fingerprint density at radius 3 is 2.62 bits per heavy atom. The monoisotopic (exact) mass is 290 g/mol. The highest BCUT2D eigenvalue weighted by atomic mass is 16.5. The normalized spacial score (nSPS) is 25.2. The van der Waals surface area contributed by atoms with Gasteiger partial charge in [0, 0.05) is 18.6 Å². The molecule has 1 aliphatic heterocycles. The van der Waals surface area contributed by atoms with Crippen molar-refractivity contribution in [1.29, 1.82) is 0 Å². The van der Waals surface area contributed by atoms with Crippen LogP contribution < -0.4 is 15.2 Å². The fourth-order valence-corrected chi connectivity index (χ4v) is 3.54. The van der Waals surface area contributed by atoms with E-state index in [2.05, 4.69) is 24.1 Å². The first-order chi connectivity index (χ1) is 10.1. The molecule has 4 nitrogen and oxygen atoms in total. The van der Waals surface area contributed by atoms with Crippen molar-refractivity contribution in [3.05, 3.63) is 23.8 Å². The molecule has 1 aromatic carbocycles. The Bertz CT molecular complexity index is 498. The van der Waals surface area contributed by atoms with Gasteiger partial charge in [-0.05, 0) is 44.0 Å². The molecule has 21 heavy (non-hydrogen) atoms. The van der Waals surface area contributed by atoms with E-state index in [-0.39, 0.29) is 11.6 Å². The molecule has 1 heterocycles. The summed E-state index contributed by atoms with van der Waals surface area (Å²) < 4.78 is 11.6. The number of likely N-dealkylation sites (N-methyl/N-ethyl adjacent to an activating group) is 1. The van der Waals surface area contributed by atoms with Crippen LogP contribution in [0.4, 0.5) is 0 Å². The van der Waals surface area contributed by atoms with Crippen LogP contribution in [0.5, 0.6) is 11.5 Å². The summed E-state index contributed by atoms with van der Waals surface area (Å²) in [4.78, 5) is 2.29. The summed E-state index contributed by atoms with van der Waals surface area (Å²) in [6.45, 7) is 2.06. The Labute approximate surface area is 127 Å². The van der Waals surface area contributed by atoms with Gasteiger partial charge in [-0.2, -0.15) is 0 Å². The second-order valence-corrected chi connectivity index (χ2v) is 6.52. The lowest BCUT2D eigenvalue weighted by atomic mass is 9.89. The number of rotatable bonds is 4. The predicted molar refractivity (Wildman–Crippen MR) is 83.9 cm³/mol. The second-order valence-electron chi connectivity index (χ2n) is 6.52. The SMILES string of the molecule is COc1ccc(C2(N)CCCC2)cc1OC1CCN(C)C1. The Kier molecular flexibility index (Phi) is 4.09. The zero-order chi connectivity index (χ0) is 14.9. The molecule has 2 aliphatic rings. The van der Waals surface area contributed by atoms with Gasteiger partial charge >= 0.3 is 0 Å². The van der Waals surface area contributed by atoms with Crippen LogP contribution in [0, 0.1) is 0 Å². The number of methoxy groups -OCH3 is 1. The predicted octanol–water partition coefficient (Wildman–Crippen LogP) is 2.51. The molecule has 1 saturated heterocycles. The summed E-state index contributed by atoms with van der Waals surface area (Å²) >= 11 is 0. The largest absolute Gasteiger partial charge is 0.493 e. The van der Waals surface area contributed by atoms with Crippen molar-refractivity contribution in [1.82, 2.24) is 4.90 Å². The summed E-state index contributed by atoms with van der Waals surface area (Å²) in [5, 5.41) is 0. The Hall–Kier alpha value is -1.26. The van der Waals surface area contributed by atoms with E-state index in [9.17, 15) is 0 Å². The van der Waals surface area contributed by atoms with E-state index in [1.807, 2.05) is 6.07 Å². The minimum atomic E-state index is -0.184. The summed E-state index contributed by atoms with van der Waals surface area (Å²) in [6, 6.07) is 6.19.